The first-order chi connectivity index (χ1) is 8.08. The average Bonchev–Trinajstić information content (AvgIpc) is 2.36. The molecule has 1 rings (SSSR count). The number of rotatable bonds is 6. The highest BCUT2D eigenvalue weighted by molar-refractivity contribution is 5.56. The first kappa shape index (κ1) is 13.3. The summed E-state index contributed by atoms with van der Waals surface area (Å²) in [5.41, 5.74) is -1.74. The van der Waals surface area contributed by atoms with Crippen molar-refractivity contribution in [2.24, 2.45) is 0 Å². The number of hydrogen-bond acceptors (Lipinski definition) is 7. The van der Waals surface area contributed by atoms with E-state index in [0.717, 1.165) is 0 Å². The molecule has 0 atom stereocenters. The van der Waals surface area contributed by atoms with E-state index in [1.165, 1.54) is 18.3 Å². The van der Waals surface area contributed by atoms with Crippen LogP contribution in [0.4, 0.5) is 11.5 Å². The van der Waals surface area contributed by atoms with Crippen molar-refractivity contribution in [3.63, 3.8) is 0 Å². The average molecular weight is 243 g/mol. The zero-order valence-corrected chi connectivity index (χ0v) is 8.91. The molecule has 8 heteroatoms. The first-order valence-corrected chi connectivity index (χ1v) is 4.79. The van der Waals surface area contributed by atoms with Gasteiger partial charge >= 0.3 is 5.69 Å². The Morgan fingerprint density at radius 1 is 1.35 bits per heavy atom. The second-order valence-electron chi connectivity index (χ2n) is 3.51. The van der Waals surface area contributed by atoms with Crippen LogP contribution in [0.3, 0.4) is 0 Å². The maximum absolute atomic E-state index is 10.7. The lowest BCUT2D eigenvalue weighted by Gasteiger charge is -2.28. The summed E-state index contributed by atoms with van der Waals surface area (Å²) in [5, 5.41) is 40.5. The summed E-state index contributed by atoms with van der Waals surface area (Å²) in [7, 11) is 0. The van der Waals surface area contributed by atoms with Gasteiger partial charge in [0, 0.05) is 12.3 Å². The van der Waals surface area contributed by atoms with E-state index >= 15 is 0 Å². The van der Waals surface area contributed by atoms with E-state index in [4.69, 9.17) is 15.3 Å². The molecule has 94 valence electrons. The lowest BCUT2D eigenvalue weighted by molar-refractivity contribution is -0.384. The van der Waals surface area contributed by atoms with Crippen molar-refractivity contribution < 1.29 is 20.2 Å². The molecule has 0 bridgehead atoms. The van der Waals surface area contributed by atoms with E-state index in [0.29, 0.717) is 0 Å². The molecule has 0 saturated heterocycles. The van der Waals surface area contributed by atoms with Crippen LogP contribution in [0.1, 0.15) is 0 Å². The summed E-state index contributed by atoms with van der Waals surface area (Å²) in [6, 6.07) is 2.62. The van der Waals surface area contributed by atoms with Crippen LogP contribution in [0, 0.1) is 10.1 Å². The number of hydrogen-bond donors (Lipinski definition) is 4. The normalized spacial score (nSPS) is 11.2. The minimum absolute atomic E-state index is 0.116. The summed E-state index contributed by atoms with van der Waals surface area (Å²) >= 11 is 0. The molecule has 0 fully saturated rings. The topological polar surface area (TPSA) is 129 Å². The maximum atomic E-state index is 10.7. The Hall–Kier alpha value is -1.77. The molecule has 0 saturated carbocycles. The Balaban J connectivity index is 3.05. The van der Waals surface area contributed by atoms with Crippen LogP contribution in [0.5, 0.6) is 0 Å². The van der Waals surface area contributed by atoms with Crippen molar-refractivity contribution in [2.45, 2.75) is 5.54 Å². The van der Waals surface area contributed by atoms with Gasteiger partial charge in [0.15, 0.2) is 0 Å². The fraction of sp³-hybridized carbons (Fsp3) is 0.444. The SMILES string of the molecule is O=[N+]([O-])c1cccnc1NC(CO)(CO)CO. The summed E-state index contributed by atoms with van der Waals surface area (Å²) < 4.78 is 0. The Bertz CT molecular complexity index is 386. The molecule has 0 aromatic carbocycles. The van der Waals surface area contributed by atoms with Gasteiger partial charge in [-0.1, -0.05) is 0 Å². The largest absolute Gasteiger partial charge is 0.394 e. The third-order valence-electron chi connectivity index (χ3n) is 2.27. The first-order valence-electron chi connectivity index (χ1n) is 4.79. The van der Waals surface area contributed by atoms with Gasteiger partial charge in [-0.25, -0.2) is 4.98 Å². The van der Waals surface area contributed by atoms with Crippen LogP contribution in [0.25, 0.3) is 0 Å². The van der Waals surface area contributed by atoms with Gasteiger partial charge in [-0.05, 0) is 6.07 Å². The van der Waals surface area contributed by atoms with Crippen LogP contribution in [0.2, 0.25) is 0 Å². The number of aromatic nitrogens is 1. The van der Waals surface area contributed by atoms with Crippen molar-refractivity contribution in [1.29, 1.82) is 0 Å². The predicted molar refractivity (Wildman–Crippen MR) is 58.5 cm³/mol. The van der Waals surface area contributed by atoms with E-state index < -0.39 is 30.3 Å². The molecule has 1 aromatic heterocycles. The van der Waals surface area contributed by atoms with Gasteiger partial charge in [0.1, 0.15) is 5.54 Å². The zero-order chi connectivity index (χ0) is 12.9. The lowest BCUT2D eigenvalue weighted by Crippen LogP contribution is -2.49. The third-order valence-corrected chi connectivity index (χ3v) is 2.27. The van der Waals surface area contributed by atoms with Gasteiger partial charge in [-0.3, -0.25) is 10.1 Å². The molecule has 0 aliphatic carbocycles. The van der Waals surface area contributed by atoms with Gasteiger partial charge in [-0.15, -0.1) is 0 Å². The molecule has 1 aromatic rings. The number of pyridine rings is 1. The van der Waals surface area contributed by atoms with E-state index in [-0.39, 0.29) is 11.5 Å². The molecule has 4 N–H and O–H groups in total. The van der Waals surface area contributed by atoms with Crippen molar-refractivity contribution >= 4 is 11.5 Å². The molecule has 17 heavy (non-hydrogen) atoms. The molecule has 0 aliphatic rings. The number of aliphatic hydroxyl groups is 3. The van der Waals surface area contributed by atoms with Crippen molar-refractivity contribution in [1.82, 2.24) is 4.98 Å². The van der Waals surface area contributed by atoms with Crippen LogP contribution in [0.15, 0.2) is 18.3 Å². The van der Waals surface area contributed by atoms with E-state index in [1.807, 2.05) is 0 Å². The highest BCUT2D eigenvalue weighted by atomic mass is 16.6. The Kier molecular flexibility index (Phi) is 4.32. The second-order valence-corrected chi connectivity index (χ2v) is 3.51. The monoisotopic (exact) mass is 243 g/mol. The molecular formula is C9H13N3O5. The third kappa shape index (κ3) is 2.87. The number of aliphatic hydroxyl groups excluding tert-OH is 3. The Labute approximate surface area is 96.7 Å². The molecule has 0 spiro atoms. The Morgan fingerprint density at radius 3 is 2.41 bits per heavy atom. The molecule has 0 radical (unpaired) electrons. The zero-order valence-electron chi connectivity index (χ0n) is 8.91. The van der Waals surface area contributed by atoms with Crippen LogP contribution < -0.4 is 5.32 Å². The van der Waals surface area contributed by atoms with Gasteiger partial charge < -0.3 is 20.6 Å². The summed E-state index contributed by atoms with van der Waals surface area (Å²) in [4.78, 5) is 13.8. The van der Waals surface area contributed by atoms with Gasteiger partial charge in [0.2, 0.25) is 5.82 Å². The molecule has 8 nitrogen and oxygen atoms in total. The second kappa shape index (κ2) is 5.53. The number of nitro groups is 1. The number of nitrogens with one attached hydrogen (secondary N) is 1. The Morgan fingerprint density at radius 2 is 1.94 bits per heavy atom. The fourth-order valence-electron chi connectivity index (χ4n) is 1.16. The van der Waals surface area contributed by atoms with E-state index in [2.05, 4.69) is 10.3 Å². The highest BCUT2D eigenvalue weighted by Crippen LogP contribution is 2.23. The molecule has 0 aliphatic heterocycles. The van der Waals surface area contributed by atoms with Crippen molar-refractivity contribution in [3.8, 4) is 0 Å². The lowest BCUT2D eigenvalue weighted by atomic mass is 10.0. The minimum Gasteiger partial charge on any atom is -0.394 e. The molecule has 1 heterocycles. The standard InChI is InChI=1S/C9H13N3O5/c13-4-9(5-14,6-15)11-8-7(12(16)17)2-1-3-10-8/h1-3,13-15H,4-6H2,(H,10,11). The molecule has 0 unspecified atom stereocenters. The number of anilines is 1. The number of nitrogens with zero attached hydrogens (tertiary/aromatic N) is 2. The molecular weight excluding hydrogens is 230 g/mol. The quantitative estimate of drug-likeness (QED) is 0.377. The van der Waals surface area contributed by atoms with E-state index in [9.17, 15) is 10.1 Å². The van der Waals surface area contributed by atoms with Crippen LogP contribution in [-0.2, 0) is 0 Å². The van der Waals surface area contributed by atoms with Crippen LogP contribution >= 0.6 is 0 Å². The van der Waals surface area contributed by atoms with Gasteiger partial charge in [-0.2, -0.15) is 0 Å². The van der Waals surface area contributed by atoms with Crippen molar-refractivity contribution in [3.05, 3.63) is 28.4 Å². The maximum Gasteiger partial charge on any atom is 0.311 e. The summed E-state index contributed by atoms with van der Waals surface area (Å²) in [6.45, 7) is -1.77. The minimum atomic E-state index is -1.45. The fourth-order valence-corrected chi connectivity index (χ4v) is 1.16. The van der Waals surface area contributed by atoms with E-state index in [1.54, 1.807) is 0 Å². The van der Waals surface area contributed by atoms with Gasteiger partial charge in [0.05, 0.1) is 24.7 Å². The van der Waals surface area contributed by atoms with Crippen molar-refractivity contribution in [2.75, 3.05) is 25.1 Å². The smallest absolute Gasteiger partial charge is 0.311 e. The summed E-state index contributed by atoms with van der Waals surface area (Å²) in [5.74, 6) is -0.116. The predicted octanol–water partition coefficient (Wildman–Crippen LogP) is -0.883. The molecule has 0 amide bonds. The van der Waals surface area contributed by atoms with Gasteiger partial charge in [0.25, 0.3) is 0 Å². The van der Waals surface area contributed by atoms with Crippen LogP contribution in [-0.4, -0.2) is 50.6 Å². The summed E-state index contributed by atoms with van der Waals surface area (Å²) in [6.07, 6.45) is 1.33. The highest BCUT2D eigenvalue weighted by Gasteiger charge is 2.30.